The number of hydrogen-bond donors (Lipinski definition) is 1. The van der Waals surface area contributed by atoms with Crippen LogP contribution in [0.2, 0.25) is 0 Å². The van der Waals surface area contributed by atoms with Gasteiger partial charge in [0.1, 0.15) is 12.1 Å². The summed E-state index contributed by atoms with van der Waals surface area (Å²) in [6.45, 7) is 7.34. The largest absolute Gasteiger partial charge is 0.356 e. The standard InChI is InChI=1S/C16H24N6O/c1-12(2)9-14(23)17-5-8-22-16-13(10-20-22)15(18-11-19-16)21-6-3-4-7-21/h10-12H,3-9H2,1-2H3,(H,17,23). The molecule has 0 saturated carbocycles. The number of fused-ring (bicyclic) bond motifs is 1. The fourth-order valence-corrected chi connectivity index (χ4v) is 2.97. The van der Waals surface area contributed by atoms with Gasteiger partial charge in [0.15, 0.2) is 5.65 Å². The van der Waals surface area contributed by atoms with Gasteiger partial charge in [0.05, 0.1) is 18.1 Å². The molecule has 7 nitrogen and oxygen atoms in total. The molecule has 1 fully saturated rings. The number of rotatable bonds is 6. The Balaban J connectivity index is 1.68. The van der Waals surface area contributed by atoms with E-state index in [1.165, 1.54) is 12.8 Å². The molecular weight excluding hydrogens is 292 g/mol. The number of hydrogen-bond acceptors (Lipinski definition) is 5. The van der Waals surface area contributed by atoms with Crippen LogP contribution in [0, 0.1) is 5.92 Å². The lowest BCUT2D eigenvalue weighted by molar-refractivity contribution is -0.121. The van der Waals surface area contributed by atoms with E-state index in [9.17, 15) is 4.79 Å². The first-order chi connectivity index (χ1) is 11.1. The lowest BCUT2D eigenvalue weighted by atomic mass is 10.1. The molecule has 1 N–H and O–H groups in total. The van der Waals surface area contributed by atoms with Gasteiger partial charge in [0.2, 0.25) is 5.91 Å². The van der Waals surface area contributed by atoms with Crippen molar-refractivity contribution in [3.8, 4) is 0 Å². The molecule has 0 bridgehead atoms. The fourth-order valence-electron chi connectivity index (χ4n) is 2.97. The molecule has 7 heteroatoms. The van der Waals surface area contributed by atoms with Crippen LogP contribution in [0.4, 0.5) is 5.82 Å². The Hall–Kier alpha value is -2.18. The van der Waals surface area contributed by atoms with E-state index < -0.39 is 0 Å². The Morgan fingerprint density at radius 1 is 1.30 bits per heavy atom. The van der Waals surface area contributed by atoms with Crippen LogP contribution in [0.5, 0.6) is 0 Å². The van der Waals surface area contributed by atoms with Gasteiger partial charge in [-0.1, -0.05) is 13.8 Å². The molecule has 0 unspecified atom stereocenters. The molecule has 3 rings (SSSR count). The van der Waals surface area contributed by atoms with Crippen LogP contribution in [0.25, 0.3) is 11.0 Å². The van der Waals surface area contributed by atoms with Gasteiger partial charge in [-0.25, -0.2) is 14.6 Å². The van der Waals surface area contributed by atoms with Crippen molar-refractivity contribution in [2.45, 2.75) is 39.7 Å². The highest BCUT2D eigenvalue weighted by Crippen LogP contribution is 2.25. The fraction of sp³-hybridized carbons (Fsp3) is 0.625. The van der Waals surface area contributed by atoms with E-state index in [1.807, 2.05) is 24.7 Å². The summed E-state index contributed by atoms with van der Waals surface area (Å²) in [7, 11) is 0. The summed E-state index contributed by atoms with van der Waals surface area (Å²) in [6, 6.07) is 0. The highest BCUT2D eigenvalue weighted by molar-refractivity contribution is 5.86. The summed E-state index contributed by atoms with van der Waals surface area (Å²) >= 11 is 0. The van der Waals surface area contributed by atoms with Gasteiger partial charge in [-0.05, 0) is 18.8 Å². The average molecular weight is 316 g/mol. The van der Waals surface area contributed by atoms with Gasteiger partial charge in [-0.2, -0.15) is 5.10 Å². The number of carbonyl (C=O) groups is 1. The van der Waals surface area contributed by atoms with Crippen LogP contribution in [-0.4, -0.2) is 45.3 Å². The van der Waals surface area contributed by atoms with E-state index >= 15 is 0 Å². The molecule has 0 atom stereocenters. The second-order valence-electron chi connectivity index (χ2n) is 6.44. The minimum absolute atomic E-state index is 0.0869. The minimum atomic E-state index is 0.0869. The third-order valence-electron chi connectivity index (χ3n) is 4.06. The van der Waals surface area contributed by atoms with Gasteiger partial charge < -0.3 is 10.2 Å². The van der Waals surface area contributed by atoms with Gasteiger partial charge in [0.25, 0.3) is 0 Å². The summed E-state index contributed by atoms with van der Waals surface area (Å²) < 4.78 is 1.84. The number of anilines is 1. The Bertz CT molecular complexity index is 674. The summed E-state index contributed by atoms with van der Waals surface area (Å²) in [4.78, 5) is 22.8. The molecule has 0 aliphatic carbocycles. The molecule has 1 amide bonds. The van der Waals surface area contributed by atoms with E-state index in [1.54, 1.807) is 6.33 Å². The van der Waals surface area contributed by atoms with E-state index in [4.69, 9.17) is 0 Å². The first-order valence-electron chi connectivity index (χ1n) is 8.33. The van der Waals surface area contributed by atoms with Crippen molar-refractivity contribution in [2.24, 2.45) is 5.92 Å². The van der Waals surface area contributed by atoms with Crippen LogP contribution in [0.15, 0.2) is 12.5 Å². The second kappa shape index (κ2) is 6.93. The molecule has 0 radical (unpaired) electrons. The Kier molecular flexibility index (Phi) is 4.73. The molecule has 124 valence electrons. The highest BCUT2D eigenvalue weighted by Gasteiger charge is 2.18. The first kappa shape index (κ1) is 15.7. The maximum atomic E-state index is 11.7. The van der Waals surface area contributed by atoms with Crippen molar-refractivity contribution >= 4 is 22.8 Å². The minimum Gasteiger partial charge on any atom is -0.356 e. The molecule has 1 aliphatic rings. The zero-order chi connectivity index (χ0) is 16.2. The van der Waals surface area contributed by atoms with E-state index in [0.29, 0.717) is 25.4 Å². The Morgan fingerprint density at radius 2 is 2.09 bits per heavy atom. The number of nitrogens with zero attached hydrogens (tertiary/aromatic N) is 5. The van der Waals surface area contributed by atoms with Crippen LogP contribution >= 0.6 is 0 Å². The molecule has 23 heavy (non-hydrogen) atoms. The smallest absolute Gasteiger partial charge is 0.220 e. The third kappa shape index (κ3) is 3.60. The molecule has 0 aromatic carbocycles. The van der Waals surface area contributed by atoms with Gasteiger partial charge in [-0.15, -0.1) is 0 Å². The van der Waals surface area contributed by atoms with E-state index in [-0.39, 0.29) is 5.91 Å². The van der Waals surface area contributed by atoms with Crippen molar-refractivity contribution in [1.82, 2.24) is 25.1 Å². The average Bonchev–Trinajstić information content (AvgIpc) is 3.16. The zero-order valence-corrected chi connectivity index (χ0v) is 13.8. The van der Waals surface area contributed by atoms with Crippen LogP contribution in [-0.2, 0) is 11.3 Å². The molecule has 1 aliphatic heterocycles. The van der Waals surface area contributed by atoms with Crippen molar-refractivity contribution in [2.75, 3.05) is 24.5 Å². The van der Waals surface area contributed by atoms with Crippen LogP contribution < -0.4 is 10.2 Å². The monoisotopic (exact) mass is 316 g/mol. The third-order valence-corrected chi connectivity index (χ3v) is 4.06. The van der Waals surface area contributed by atoms with Crippen LogP contribution in [0.3, 0.4) is 0 Å². The molecule has 2 aromatic rings. The van der Waals surface area contributed by atoms with Gasteiger partial charge in [-0.3, -0.25) is 4.79 Å². The summed E-state index contributed by atoms with van der Waals surface area (Å²) in [5, 5.41) is 8.34. The molecule has 2 aromatic heterocycles. The summed E-state index contributed by atoms with van der Waals surface area (Å²) in [5.41, 5.74) is 0.833. The van der Waals surface area contributed by atoms with Crippen LogP contribution in [0.1, 0.15) is 33.1 Å². The van der Waals surface area contributed by atoms with Crippen molar-refractivity contribution in [3.63, 3.8) is 0 Å². The number of nitrogens with one attached hydrogen (secondary N) is 1. The topological polar surface area (TPSA) is 75.9 Å². The predicted molar refractivity (Wildman–Crippen MR) is 89.2 cm³/mol. The quantitative estimate of drug-likeness (QED) is 0.876. The maximum Gasteiger partial charge on any atom is 0.220 e. The molecule has 3 heterocycles. The van der Waals surface area contributed by atoms with Crippen molar-refractivity contribution in [3.05, 3.63) is 12.5 Å². The maximum absolute atomic E-state index is 11.7. The SMILES string of the molecule is CC(C)CC(=O)NCCn1ncc2c(N3CCCC3)ncnc21. The normalized spacial score (nSPS) is 14.8. The number of carbonyl (C=O) groups excluding carboxylic acids is 1. The lowest BCUT2D eigenvalue weighted by Crippen LogP contribution is -2.28. The van der Waals surface area contributed by atoms with Gasteiger partial charge >= 0.3 is 0 Å². The highest BCUT2D eigenvalue weighted by atomic mass is 16.1. The Labute approximate surface area is 136 Å². The molecule has 1 saturated heterocycles. The zero-order valence-electron chi connectivity index (χ0n) is 13.8. The summed E-state index contributed by atoms with van der Waals surface area (Å²) in [5.74, 6) is 1.43. The number of aromatic nitrogens is 4. The summed E-state index contributed by atoms with van der Waals surface area (Å²) in [6.07, 6.45) is 6.41. The van der Waals surface area contributed by atoms with Gasteiger partial charge in [0, 0.05) is 26.1 Å². The van der Waals surface area contributed by atoms with E-state index in [2.05, 4.69) is 25.3 Å². The Morgan fingerprint density at radius 3 is 2.83 bits per heavy atom. The lowest BCUT2D eigenvalue weighted by Gasteiger charge is -2.16. The molecule has 0 spiro atoms. The van der Waals surface area contributed by atoms with E-state index in [0.717, 1.165) is 29.9 Å². The predicted octanol–water partition coefficient (Wildman–Crippen LogP) is 1.59. The second-order valence-corrected chi connectivity index (χ2v) is 6.44. The first-order valence-corrected chi connectivity index (χ1v) is 8.33. The van der Waals surface area contributed by atoms with Crippen molar-refractivity contribution in [1.29, 1.82) is 0 Å². The van der Waals surface area contributed by atoms with Crippen molar-refractivity contribution < 1.29 is 4.79 Å². The number of amides is 1. The molecular formula is C16H24N6O.